The zero-order chi connectivity index (χ0) is 32.0. The molecule has 2 amide bonds. The molecule has 1 aromatic heterocycles. The second-order valence-electron chi connectivity index (χ2n) is 12.9. The molecule has 0 spiro atoms. The van der Waals surface area contributed by atoms with Gasteiger partial charge in [0.05, 0.1) is 28.9 Å². The van der Waals surface area contributed by atoms with Crippen molar-refractivity contribution in [1.29, 1.82) is 0 Å². The first-order valence-electron chi connectivity index (χ1n) is 15.6. The van der Waals surface area contributed by atoms with Crippen molar-refractivity contribution in [2.75, 3.05) is 54.9 Å². The lowest BCUT2D eigenvalue weighted by Crippen LogP contribution is -2.55. The van der Waals surface area contributed by atoms with Gasteiger partial charge in [0.2, 0.25) is 11.8 Å². The maximum absolute atomic E-state index is 15.9. The fraction of sp³-hybridized carbons (Fsp3) is 0.562. The molecule has 1 aliphatic carbocycles. The third-order valence-electron chi connectivity index (χ3n) is 9.76. The van der Waals surface area contributed by atoms with Gasteiger partial charge < -0.3 is 20.4 Å². The minimum absolute atomic E-state index is 0.122. The second kappa shape index (κ2) is 12.2. The van der Waals surface area contributed by atoms with Crippen molar-refractivity contribution in [2.45, 2.75) is 63.7 Å². The highest BCUT2D eigenvalue weighted by molar-refractivity contribution is 5.98. The van der Waals surface area contributed by atoms with E-state index in [0.717, 1.165) is 29.9 Å². The lowest BCUT2D eigenvalue weighted by molar-refractivity contribution is -0.197. The van der Waals surface area contributed by atoms with Gasteiger partial charge in [0.25, 0.3) is 0 Å². The molecular weight excluding hydrogens is 590 g/mol. The van der Waals surface area contributed by atoms with Crippen LogP contribution in [0.3, 0.4) is 0 Å². The summed E-state index contributed by atoms with van der Waals surface area (Å²) in [4.78, 5) is 31.5. The summed E-state index contributed by atoms with van der Waals surface area (Å²) in [5.41, 5.74) is 2.71. The van der Waals surface area contributed by atoms with Gasteiger partial charge in [-0.3, -0.25) is 14.5 Å². The Bertz CT molecular complexity index is 1470. The highest BCUT2D eigenvalue weighted by Crippen LogP contribution is 2.41. The molecule has 3 fully saturated rings. The van der Waals surface area contributed by atoms with Crippen LogP contribution in [0.5, 0.6) is 0 Å². The highest BCUT2D eigenvalue weighted by Gasteiger charge is 2.50. The number of hydrogen-bond donors (Lipinski definition) is 2. The predicted molar refractivity (Wildman–Crippen MR) is 163 cm³/mol. The number of benzene rings is 1. The molecule has 0 bridgehead atoms. The molecule has 0 radical (unpaired) electrons. The second-order valence-corrected chi connectivity index (χ2v) is 12.9. The topological polar surface area (TPSA) is 93.7 Å². The summed E-state index contributed by atoms with van der Waals surface area (Å²) in [5.74, 6) is -4.42. The van der Waals surface area contributed by atoms with Crippen LogP contribution < -0.4 is 20.4 Å². The van der Waals surface area contributed by atoms with E-state index in [1.807, 2.05) is 44.0 Å². The molecule has 2 unspecified atom stereocenters. The molecule has 3 aliphatic heterocycles. The van der Waals surface area contributed by atoms with Crippen molar-refractivity contribution in [3.8, 4) is 0 Å². The minimum Gasteiger partial charge on any atom is -0.367 e. The van der Waals surface area contributed by atoms with Crippen LogP contribution in [0.4, 0.5) is 34.8 Å². The van der Waals surface area contributed by atoms with E-state index in [4.69, 9.17) is 0 Å². The average Bonchev–Trinajstić information content (AvgIpc) is 3.86. The minimum atomic E-state index is -4.72. The van der Waals surface area contributed by atoms with Gasteiger partial charge >= 0.3 is 6.18 Å². The number of piperidine rings is 1. The molecule has 1 saturated carbocycles. The average molecular weight is 630 g/mol. The Morgan fingerprint density at radius 2 is 1.80 bits per heavy atom. The van der Waals surface area contributed by atoms with E-state index < -0.39 is 48.6 Å². The van der Waals surface area contributed by atoms with Gasteiger partial charge in [-0.15, -0.1) is 5.10 Å². The Balaban J connectivity index is 1.29. The maximum Gasteiger partial charge on any atom is 0.393 e. The third-order valence-corrected chi connectivity index (χ3v) is 9.76. The van der Waals surface area contributed by atoms with Crippen LogP contribution in [-0.4, -0.2) is 84.9 Å². The summed E-state index contributed by atoms with van der Waals surface area (Å²) < 4.78 is 57.6. The Morgan fingerprint density at radius 1 is 1.07 bits per heavy atom. The molecular formula is C32H39F4N7O2. The number of amides is 2. The number of aromatic nitrogens is 2. The lowest BCUT2D eigenvalue weighted by Gasteiger charge is -2.44. The molecule has 2 aromatic rings. The first kappa shape index (κ1) is 31.3. The zero-order valence-corrected chi connectivity index (χ0v) is 25.7. The molecule has 4 atom stereocenters. The molecule has 6 rings (SSSR count). The smallest absolute Gasteiger partial charge is 0.367 e. The Labute approximate surface area is 260 Å². The van der Waals surface area contributed by atoms with Gasteiger partial charge in [0, 0.05) is 62.7 Å². The SMILES string of the molecule is C[C@@H]1CN(c2cc(F)c(C3=CCN(c4ccc(C5CC5)nn4)CC3)cc2NC(=O)C2CNC(=O)CC2C(F)(F)F)C[C@H](C)N1C. The molecule has 242 valence electrons. The number of halogens is 4. The summed E-state index contributed by atoms with van der Waals surface area (Å²) >= 11 is 0. The van der Waals surface area contributed by atoms with Crippen molar-refractivity contribution in [1.82, 2.24) is 20.4 Å². The van der Waals surface area contributed by atoms with Crippen molar-refractivity contribution >= 4 is 34.6 Å². The third kappa shape index (κ3) is 6.63. The zero-order valence-electron chi connectivity index (χ0n) is 25.7. The van der Waals surface area contributed by atoms with Gasteiger partial charge in [-0.2, -0.15) is 18.3 Å². The number of nitrogens with one attached hydrogen (secondary N) is 2. The van der Waals surface area contributed by atoms with Crippen molar-refractivity contribution in [2.24, 2.45) is 11.8 Å². The standard InChI is InChI=1S/C32H39F4N7O2/c1-18-16-43(17-19(2)41(18)3)28-14-25(33)22(12-27(28)38-31(45)23-15-37-30(44)13-24(23)32(34,35)36)20-8-10-42(11-9-20)29-7-6-26(39-40-29)21-4-5-21/h6-8,12,14,18-19,21,23-24H,4-5,9-11,13,15-17H2,1-3H3,(H,37,44)(H,38,45)/t18-,19+,23?,24?. The molecule has 2 N–H and O–H groups in total. The van der Waals surface area contributed by atoms with E-state index in [0.29, 0.717) is 49.8 Å². The predicted octanol–water partition coefficient (Wildman–Crippen LogP) is 4.57. The van der Waals surface area contributed by atoms with Gasteiger partial charge in [0.1, 0.15) is 5.82 Å². The molecule has 13 heteroatoms. The number of rotatable bonds is 6. The Morgan fingerprint density at radius 3 is 2.40 bits per heavy atom. The summed E-state index contributed by atoms with van der Waals surface area (Å²) in [6.45, 7) is 5.83. The van der Waals surface area contributed by atoms with Crippen LogP contribution in [0.25, 0.3) is 5.57 Å². The van der Waals surface area contributed by atoms with Crippen LogP contribution in [0.1, 0.15) is 56.7 Å². The highest BCUT2D eigenvalue weighted by atomic mass is 19.4. The molecule has 4 heterocycles. The molecule has 4 aliphatic rings. The van der Waals surface area contributed by atoms with Crippen molar-refractivity contribution < 1.29 is 27.2 Å². The Kier molecular flexibility index (Phi) is 8.49. The van der Waals surface area contributed by atoms with Crippen LogP contribution in [0.2, 0.25) is 0 Å². The van der Waals surface area contributed by atoms with Gasteiger partial charge in [-0.25, -0.2) is 4.39 Å². The molecule has 2 saturated heterocycles. The number of nitrogens with zero attached hydrogens (tertiary/aromatic N) is 5. The number of likely N-dealkylation sites (N-methyl/N-ethyl adjacent to an activating group) is 1. The van der Waals surface area contributed by atoms with Crippen molar-refractivity contribution in [3.63, 3.8) is 0 Å². The van der Waals surface area contributed by atoms with Crippen LogP contribution >= 0.6 is 0 Å². The van der Waals surface area contributed by atoms with Crippen LogP contribution in [0.15, 0.2) is 30.3 Å². The van der Waals surface area contributed by atoms with Gasteiger partial charge in [-0.05, 0) is 70.0 Å². The summed E-state index contributed by atoms with van der Waals surface area (Å²) in [5, 5.41) is 13.9. The molecule has 1 aromatic carbocycles. The quantitative estimate of drug-likeness (QED) is 0.453. The summed E-state index contributed by atoms with van der Waals surface area (Å²) in [6, 6.07) is 7.14. The number of carbonyl (C=O) groups is 2. The van der Waals surface area contributed by atoms with E-state index in [-0.39, 0.29) is 17.8 Å². The van der Waals surface area contributed by atoms with E-state index in [1.54, 1.807) is 6.07 Å². The lowest BCUT2D eigenvalue weighted by atomic mass is 9.84. The van der Waals surface area contributed by atoms with E-state index in [2.05, 4.69) is 30.6 Å². The van der Waals surface area contributed by atoms with Crippen LogP contribution in [-0.2, 0) is 9.59 Å². The van der Waals surface area contributed by atoms with Crippen molar-refractivity contribution in [3.05, 3.63) is 47.4 Å². The first-order valence-corrected chi connectivity index (χ1v) is 15.6. The number of hydrogen-bond acceptors (Lipinski definition) is 7. The fourth-order valence-corrected chi connectivity index (χ4v) is 6.62. The van der Waals surface area contributed by atoms with Gasteiger partial charge in [-0.1, -0.05) is 6.08 Å². The first-order chi connectivity index (χ1) is 21.4. The maximum atomic E-state index is 15.9. The fourth-order valence-electron chi connectivity index (χ4n) is 6.62. The molecule has 45 heavy (non-hydrogen) atoms. The number of anilines is 3. The monoisotopic (exact) mass is 629 g/mol. The molecule has 9 nitrogen and oxygen atoms in total. The summed E-state index contributed by atoms with van der Waals surface area (Å²) in [6.07, 6.45) is -0.829. The van der Waals surface area contributed by atoms with E-state index in [1.165, 1.54) is 6.07 Å². The normalized spacial score (nSPS) is 26.4. The summed E-state index contributed by atoms with van der Waals surface area (Å²) in [7, 11) is 2.01. The number of alkyl halides is 3. The Hall–Kier alpha value is -3.74. The van der Waals surface area contributed by atoms with E-state index in [9.17, 15) is 22.8 Å². The number of carbonyl (C=O) groups excluding carboxylic acids is 2. The van der Waals surface area contributed by atoms with E-state index >= 15 is 4.39 Å². The van der Waals surface area contributed by atoms with Gasteiger partial charge in [0.15, 0.2) is 5.82 Å². The number of piperazine rings is 1. The largest absolute Gasteiger partial charge is 0.393 e. The van der Waals surface area contributed by atoms with Crippen LogP contribution in [0, 0.1) is 17.7 Å².